The first-order valence-electron chi connectivity index (χ1n) is 5.19. The van der Waals surface area contributed by atoms with E-state index in [0.29, 0.717) is 5.56 Å². The largest absolute Gasteiger partial charge is 0.504 e. The van der Waals surface area contributed by atoms with Crippen LogP contribution in [0.3, 0.4) is 0 Å². The number of aromatic hydroxyl groups is 2. The van der Waals surface area contributed by atoms with Crippen molar-refractivity contribution in [1.29, 1.82) is 5.26 Å². The molecule has 0 amide bonds. The van der Waals surface area contributed by atoms with Crippen LogP contribution in [0.25, 0.3) is 0 Å². The lowest BCUT2D eigenvalue weighted by Crippen LogP contribution is -1.98. The Bertz CT molecular complexity index is 558. The molecule has 0 aliphatic rings. The van der Waals surface area contributed by atoms with Gasteiger partial charge in [-0.15, -0.1) is 0 Å². The number of para-hydroxylation sites is 1. The maximum absolute atomic E-state index is 9.76. The SMILES string of the molecule is N#CC(c1ccccc1)c1cccc(O)c1O. The molecule has 0 fully saturated rings. The summed E-state index contributed by atoms with van der Waals surface area (Å²) < 4.78 is 0. The van der Waals surface area contributed by atoms with Gasteiger partial charge in [0.15, 0.2) is 11.5 Å². The molecule has 0 aliphatic heterocycles. The lowest BCUT2D eigenvalue weighted by molar-refractivity contribution is 0.399. The van der Waals surface area contributed by atoms with E-state index in [1.165, 1.54) is 6.07 Å². The van der Waals surface area contributed by atoms with Gasteiger partial charge in [0.05, 0.1) is 12.0 Å². The van der Waals surface area contributed by atoms with E-state index in [0.717, 1.165) is 5.56 Å². The average molecular weight is 225 g/mol. The lowest BCUT2D eigenvalue weighted by Gasteiger charge is -2.12. The van der Waals surface area contributed by atoms with Crippen LogP contribution in [0.5, 0.6) is 11.5 Å². The van der Waals surface area contributed by atoms with Gasteiger partial charge in [-0.3, -0.25) is 0 Å². The number of phenolic OH excluding ortho intramolecular Hbond substituents is 2. The predicted octanol–water partition coefficient (Wildman–Crippen LogP) is 2.75. The highest BCUT2D eigenvalue weighted by Gasteiger charge is 2.18. The summed E-state index contributed by atoms with van der Waals surface area (Å²) in [7, 11) is 0. The van der Waals surface area contributed by atoms with Gasteiger partial charge in [-0.1, -0.05) is 42.5 Å². The van der Waals surface area contributed by atoms with Crippen LogP contribution in [0.1, 0.15) is 17.0 Å². The Kier molecular flexibility index (Phi) is 2.97. The fraction of sp³-hybridized carbons (Fsp3) is 0.0714. The first-order valence-corrected chi connectivity index (χ1v) is 5.19. The summed E-state index contributed by atoms with van der Waals surface area (Å²) in [6.45, 7) is 0. The molecule has 3 nitrogen and oxygen atoms in total. The molecule has 0 spiro atoms. The van der Waals surface area contributed by atoms with Crippen molar-refractivity contribution in [3.05, 3.63) is 59.7 Å². The molecule has 3 heteroatoms. The number of hydrogen-bond donors (Lipinski definition) is 2. The van der Waals surface area contributed by atoms with Gasteiger partial charge in [-0.05, 0) is 11.6 Å². The van der Waals surface area contributed by atoms with E-state index in [9.17, 15) is 15.5 Å². The van der Waals surface area contributed by atoms with Crippen LogP contribution < -0.4 is 0 Å². The molecule has 0 aromatic heterocycles. The van der Waals surface area contributed by atoms with Crippen molar-refractivity contribution in [2.24, 2.45) is 0 Å². The van der Waals surface area contributed by atoms with E-state index < -0.39 is 5.92 Å². The summed E-state index contributed by atoms with van der Waals surface area (Å²) >= 11 is 0. The van der Waals surface area contributed by atoms with E-state index in [-0.39, 0.29) is 11.5 Å². The molecule has 0 saturated carbocycles. The summed E-state index contributed by atoms with van der Waals surface area (Å²) in [5.41, 5.74) is 1.20. The average Bonchev–Trinajstić information content (AvgIpc) is 2.37. The zero-order valence-corrected chi connectivity index (χ0v) is 9.04. The van der Waals surface area contributed by atoms with Crippen LogP contribution in [0.15, 0.2) is 48.5 Å². The van der Waals surface area contributed by atoms with Crippen molar-refractivity contribution in [2.75, 3.05) is 0 Å². The Labute approximate surface area is 99.2 Å². The van der Waals surface area contributed by atoms with Gasteiger partial charge >= 0.3 is 0 Å². The Balaban J connectivity index is 2.51. The van der Waals surface area contributed by atoms with Crippen molar-refractivity contribution in [1.82, 2.24) is 0 Å². The van der Waals surface area contributed by atoms with Crippen LogP contribution in [0.2, 0.25) is 0 Å². The Morgan fingerprint density at radius 3 is 2.29 bits per heavy atom. The third-order valence-electron chi connectivity index (χ3n) is 2.62. The standard InChI is InChI=1S/C14H11NO2/c15-9-12(10-5-2-1-3-6-10)11-7-4-8-13(16)14(11)17/h1-8,12,16-17H. The second-order valence-electron chi connectivity index (χ2n) is 3.69. The van der Waals surface area contributed by atoms with Crippen LogP contribution in [-0.2, 0) is 0 Å². The fourth-order valence-corrected chi connectivity index (χ4v) is 1.75. The predicted molar refractivity (Wildman–Crippen MR) is 63.7 cm³/mol. The minimum absolute atomic E-state index is 0.210. The first kappa shape index (κ1) is 11.0. The number of benzene rings is 2. The fourth-order valence-electron chi connectivity index (χ4n) is 1.75. The quantitative estimate of drug-likeness (QED) is 0.772. The van der Waals surface area contributed by atoms with Gasteiger partial charge in [-0.25, -0.2) is 0 Å². The van der Waals surface area contributed by atoms with E-state index in [1.54, 1.807) is 12.1 Å². The molecule has 0 bridgehead atoms. The maximum atomic E-state index is 9.76. The number of hydrogen-bond acceptors (Lipinski definition) is 3. The number of phenols is 2. The van der Waals surface area contributed by atoms with E-state index >= 15 is 0 Å². The summed E-state index contributed by atoms with van der Waals surface area (Å²) in [4.78, 5) is 0. The van der Waals surface area contributed by atoms with Gasteiger partial charge in [0.1, 0.15) is 0 Å². The normalized spacial score (nSPS) is 11.7. The third kappa shape index (κ3) is 2.06. The topological polar surface area (TPSA) is 64.2 Å². The van der Waals surface area contributed by atoms with Crippen LogP contribution in [0.4, 0.5) is 0 Å². The minimum Gasteiger partial charge on any atom is -0.504 e. The molecular formula is C14H11NO2. The molecule has 2 aromatic rings. The van der Waals surface area contributed by atoms with Gasteiger partial charge in [0, 0.05) is 5.56 Å². The molecule has 0 radical (unpaired) electrons. The smallest absolute Gasteiger partial charge is 0.162 e. The molecule has 2 N–H and O–H groups in total. The molecule has 0 saturated heterocycles. The first-order chi connectivity index (χ1) is 8.24. The summed E-state index contributed by atoms with van der Waals surface area (Å²) in [5.74, 6) is -1.02. The highest BCUT2D eigenvalue weighted by atomic mass is 16.3. The van der Waals surface area contributed by atoms with Gasteiger partial charge in [-0.2, -0.15) is 5.26 Å². The van der Waals surface area contributed by atoms with Gasteiger partial charge in [0.25, 0.3) is 0 Å². The molecule has 2 rings (SSSR count). The summed E-state index contributed by atoms with van der Waals surface area (Å²) in [6.07, 6.45) is 0. The van der Waals surface area contributed by atoms with E-state index in [4.69, 9.17) is 0 Å². The van der Waals surface area contributed by atoms with Gasteiger partial charge < -0.3 is 10.2 Å². The molecule has 1 atom stereocenters. The summed E-state index contributed by atoms with van der Waals surface area (Å²) in [6, 6.07) is 15.9. The number of nitriles is 1. The Morgan fingerprint density at radius 1 is 0.941 bits per heavy atom. The molecule has 0 heterocycles. The lowest BCUT2D eigenvalue weighted by atomic mass is 9.92. The van der Waals surface area contributed by atoms with E-state index in [1.807, 2.05) is 30.3 Å². The van der Waals surface area contributed by atoms with Crippen molar-refractivity contribution in [3.8, 4) is 17.6 Å². The van der Waals surface area contributed by atoms with Crippen molar-refractivity contribution >= 4 is 0 Å². The molecular weight excluding hydrogens is 214 g/mol. The highest BCUT2D eigenvalue weighted by molar-refractivity contribution is 5.51. The van der Waals surface area contributed by atoms with Crippen LogP contribution >= 0.6 is 0 Å². The van der Waals surface area contributed by atoms with Crippen LogP contribution in [-0.4, -0.2) is 10.2 Å². The zero-order chi connectivity index (χ0) is 12.3. The van der Waals surface area contributed by atoms with Crippen molar-refractivity contribution in [3.63, 3.8) is 0 Å². The van der Waals surface area contributed by atoms with Crippen molar-refractivity contribution in [2.45, 2.75) is 5.92 Å². The Hall–Kier alpha value is -2.47. The highest BCUT2D eigenvalue weighted by Crippen LogP contribution is 2.36. The molecule has 84 valence electrons. The number of rotatable bonds is 2. The van der Waals surface area contributed by atoms with Crippen molar-refractivity contribution < 1.29 is 10.2 Å². The van der Waals surface area contributed by atoms with Gasteiger partial charge in [0.2, 0.25) is 0 Å². The zero-order valence-electron chi connectivity index (χ0n) is 9.04. The number of nitrogens with zero attached hydrogens (tertiary/aromatic N) is 1. The molecule has 1 unspecified atom stereocenters. The molecule has 0 aliphatic carbocycles. The Morgan fingerprint density at radius 2 is 1.65 bits per heavy atom. The van der Waals surface area contributed by atoms with E-state index in [2.05, 4.69) is 6.07 Å². The van der Waals surface area contributed by atoms with Crippen LogP contribution in [0, 0.1) is 11.3 Å². The molecule has 17 heavy (non-hydrogen) atoms. The monoisotopic (exact) mass is 225 g/mol. The second-order valence-corrected chi connectivity index (χ2v) is 3.69. The molecule has 2 aromatic carbocycles. The maximum Gasteiger partial charge on any atom is 0.162 e. The minimum atomic E-state index is -0.580. The summed E-state index contributed by atoms with van der Waals surface area (Å²) in [5, 5.41) is 28.4. The second kappa shape index (κ2) is 4.58. The third-order valence-corrected chi connectivity index (χ3v) is 2.62.